The van der Waals surface area contributed by atoms with Gasteiger partial charge in [0.25, 0.3) is 0 Å². The van der Waals surface area contributed by atoms with Gasteiger partial charge in [-0.15, -0.1) is 10.2 Å². The largest absolute Gasteiger partial charge is 1.00 e. The maximum absolute atomic E-state index is 9.92. The van der Waals surface area contributed by atoms with Gasteiger partial charge in [0.2, 0.25) is 16.3 Å². The zero-order valence-corrected chi connectivity index (χ0v) is 62.9. The molecule has 5 N–H and O–H groups in total. The number of anilines is 5. The van der Waals surface area contributed by atoms with E-state index in [1.807, 2.05) is 71.2 Å². The first kappa shape index (κ1) is 80.9. The molecule has 0 fully saturated rings. The first-order valence-electron chi connectivity index (χ1n) is 34.6. The van der Waals surface area contributed by atoms with Gasteiger partial charge < -0.3 is 52.3 Å². The average molecular weight is 1500 g/mol. The topological polar surface area (TPSA) is 364 Å². The number of rotatable bonds is 9. The van der Waals surface area contributed by atoms with Crippen molar-refractivity contribution in [2.24, 2.45) is 58.9 Å². The van der Waals surface area contributed by atoms with Gasteiger partial charge in [0.15, 0.2) is 5.95 Å². The predicted molar refractivity (Wildman–Crippen MR) is 397 cm³/mol. The number of aromatic nitrogens is 10. The summed E-state index contributed by atoms with van der Waals surface area (Å²) in [6.45, 7) is 9.80. The Hall–Kier alpha value is -9.76. The van der Waals surface area contributed by atoms with E-state index in [2.05, 4.69) is 152 Å². The molecular formula is C70H93BClN23O8S2+. The van der Waals surface area contributed by atoms with Crippen molar-refractivity contribution in [3.8, 4) is 0 Å². The van der Waals surface area contributed by atoms with E-state index in [9.17, 15) is 21.4 Å². The Labute approximate surface area is 622 Å². The molecule has 8 aliphatic heterocycles. The molecule has 35 heteroatoms. The van der Waals surface area contributed by atoms with E-state index in [-0.39, 0.29) is 26.8 Å². The Kier molecular flexibility index (Phi) is 29.9. The zero-order valence-electron chi connectivity index (χ0n) is 60.6. The summed E-state index contributed by atoms with van der Waals surface area (Å²) in [6.07, 6.45) is 37.5. The van der Waals surface area contributed by atoms with Gasteiger partial charge in [-0.2, -0.15) is 8.42 Å². The zero-order chi connectivity index (χ0) is 72.9. The monoisotopic (exact) mass is 1490 g/mol. The third kappa shape index (κ3) is 22.4. The summed E-state index contributed by atoms with van der Waals surface area (Å²) in [6, 6.07) is 20.1. The molecule has 4 aromatic carbocycles. The van der Waals surface area contributed by atoms with Gasteiger partial charge in [-0.1, -0.05) is 33.4 Å². The summed E-state index contributed by atoms with van der Waals surface area (Å²) in [5, 5.41) is 34.3. The van der Waals surface area contributed by atoms with Gasteiger partial charge in [-0.25, -0.2) is 41.6 Å². The first-order chi connectivity index (χ1) is 49.8. The average Bonchev–Trinajstić information content (AvgIpc) is 1.71. The number of halogens is 1. The molecule has 31 nitrogen and oxygen atoms in total. The SMILES string of the molecule is COS(=O)(=O)OC.COS(=O)(=O)[O-].Cn1cc[n+](C)c1N=Nc1cc2c3c(c1)CCCN3CCC2.Cn1cc[n+](C)c1N=Nc1cc2c3c(c1)CCCN3CCC2.N#[N+]c1ncc[nH]1.Nc1ncc[nH]1.[B].[Cl-].c1c[nH]c(N=Nc2cc3c4c(c2)CCCN4CCC3)n1.c1cc2c3c(c1)CCCN3CCC2. The van der Waals surface area contributed by atoms with Gasteiger partial charge in [-0.3, -0.25) is 12.5 Å². The van der Waals surface area contributed by atoms with Crippen molar-refractivity contribution in [1.82, 2.24) is 39.0 Å². The molecule has 0 saturated heterocycles. The van der Waals surface area contributed by atoms with Crippen LogP contribution in [0.5, 0.6) is 0 Å². The molecule has 13 heterocycles. The van der Waals surface area contributed by atoms with E-state index in [4.69, 9.17) is 11.1 Å². The number of diazo groups is 1. The van der Waals surface area contributed by atoms with Gasteiger partial charge in [0.05, 0.1) is 91.6 Å². The number of para-hydroxylation sites is 1. The van der Waals surface area contributed by atoms with Crippen LogP contribution >= 0.6 is 0 Å². The van der Waals surface area contributed by atoms with Crippen molar-refractivity contribution in [2.45, 2.75) is 103 Å². The van der Waals surface area contributed by atoms with Gasteiger partial charge in [0, 0.05) is 119 Å². The predicted octanol–water partition coefficient (Wildman–Crippen LogP) is 7.96. The number of benzene rings is 4. The molecule has 0 atom stereocenters. The summed E-state index contributed by atoms with van der Waals surface area (Å²) in [5.74, 6) is 2.97. The molecular weight excluding hydrogens is 1400 g/mol. The molecule has 0 bridgehead atoms. The summed E-state index contributed by atoms with van der Waals surface area (Å²) in [4.78, 5) is 32.4. The lowest BCUT2D eigenvalue weighted by Crippen LogP contribution is -3.00. The van der Waals surface area contributed by atoms with Crippen LogP contribution in [0.1, 0.15) is 95.9 Å². The van der Waals surface area contributed by atoms with E-state index in [0.717, 1.165) is 63.1 Å². The third-order valence-electron chi connectivity index (χ3n) is 18.5. The number of nitrogens with zero attached hydrogens (tertiary/aromatic N) is 19. The lowest BCUT2D eigenvalue weighted by molar-refractivity contribution is -0.657. The fourth-order valence-corrected chi connectivity index (χ4v) is 14.1. The highest BCUT2D eigenvalue weighted by atomic mass is 35.5. The van der Waals surface area contributed by atoms with Crippen molar-refractivity contribution < 1.29 is 55.5 Å². The molecule has 0 saturated carbocycles. The van der Waals surface area contributed by atoms with Crippen LogP contribution in [0.25, 0.3) is 4.98 Å². The van der Waals surface area contributed by atoms with Crippen LogP contribution < -0.4 is 46.9 Å². The van der Waals surface area contributed by atoms with Crippen molar-refractivity contribution in [1.29, 1.82) is 5.39 Å². The van der Waals surface area contributed by atoms with E-state index in [0.29, 0.717) is 11.9 Å². The van der Waals surface area contributed by atoms with Gasteiger partial charge in [0.1, 0.15) is 17.6 Å². The van der Waals surface area contributed by atoms with Crippen molar-refractivity contribution >= 4 is 98.8 Å². The maximum atomic E-state index is 9.92. The van der Waals surface area contributed by atoms with E-state index in [1.165, 1.54) is 199 Å². The summed E-state index contributed by atoms with van der Waals surface area (Å²) in [5.41, 5.74) is 25.9. The van der Waals surface area contributed by atoms with Crippen LogP contribution in [0.3, 0.4) is 0 Å². The lowest BCUT2D eigenvalue weighted by atomic mass is 9.91. The van der Waals surface area contributed by atoms with Crippen LogP contribution in [0.2, 0.25) is 0 Å². The molecule has 5 aromatic heterocycles. The van der Waals surface area contributed by atoms with Crippen molar-refractivity contribution in [3.63, 3.8) is 0 Å². The molecule has 0 amide bonds. The van der Waals surface area contributed by atoms with E-state index >= 15 is 0 Å². The standard InChI is InChI=1S/2C17H22N5.C15H17N5.C12H15N.C3H3N4.C3H5N3.C2H6O4S.CH4O4S.B.ClH/c2*1-20-9-10-21(2)17(20)19-18-15-11-13-5-3-7-22-8-4-6-14(12-15)16(13)22;1-3-11-9-13(18-19-15-16-5-6-17-15)10-12-4-2-8-20(7-1)14(11)12;1-4-10-6-2-8-13-9-3-7-11(5-1)12(10)13;4-7-3-5-1-2-6-3;4-3-5-1-2-6-3;1-5-7(3,4)6-2;1-5-6(2,3)4;;/h2*9-12H,3-8H2,1-2H3;5-6,9-10H,1-4,7-8H2,(H,16,17);1,4-5H,2-3,6-9H2;1-2H,(H,5,6);1-2H,(H3,4,5,6);1-2H3;1H3,(H,2,3,4);;1H/q2*+1;;;+1;;;;;/p-2. The smallest absolute Gasteiger partial charge is 0.525 e. The van der Waals surface area contributed by atoms with Gasteiger partial charge in [-0.05, 0) is 189 Å². The molecule has 0 unspecified atom stereocenters. The lowest BCUT2D eigenvalue weighted by Gasteiger charge is -2.36. The van der Waals surface area contributed by atoms with Crippen LogP contribution in [-0.4, -0.2) is 143 Å². The number of azo groups is 3. The summed E-state index contributed by atoms with van der Waals surface area (Å²) < 4.78 is 66.5. The van der Waals surface area contributed by atoms with Crippen LogP contribution in [-0.2, 0) is 113 Å². The number of aryl methyl sites for hydroxylation is 12. The highest BCUT2D eigenvalue weighted by molar-refractivity contribution is 7.81. The number of H-pyrrole nitrogens is 3. The van der Waals surface area contributed by atoms with Crippen molar-refractivity contribution in [3.05, 3.63) is 166 Å². The second-order valence-corrected chi connectivity index (χ2v) is 28.1. The first-order valence-corrected chi connectivity index (χ1v) is 37.3. The van der Waals surface area contributed by atoms with Crippen LogP contribution in [0.4, 0.5) is 69.6 Å². The molecule has 9 aromatic rings. The summed E-state index contributed by atoms with van der Waals surface area (Å²) >= 11 is 0. The molecule has 3 radical (unpaired) electrons. The number of hydrogen-bond donors (Lipinski definition) is 4. The number of hydrogen-bond acceptors (Lipinski definition) is 23. The van der Waals surface area contributed by atoms with E-state index < -0.39 is 20.8 Å². The minimum Gasteiger partial charge on any atom is -1.00 e. The molecule has 105 heavy (non-hydrogen) atoms. The quantitative estimate of drug-likeness (QED) is 0.0266. The third-order valence-corrected chi connectivity index (χ3v) is 19.7. The molecule has 0 spiro atoms. The number of nitrogens with one attached hydrogen (secondary N) is 3. The highest BCUT2D eigenvalue weighted by Crippen LogP contribution is 2.42. The second kappa shape index (κ2) is 38.8. The van der Waals surface area contributed by atoms with Crippen LogP contribution in [0.15, 0.2) is 147 Å². The Morgan fingerprint density at radius 3 is 1.07 bits per heavy atom. The molecule has 557 valence electrons. The number of nitrogens with two attached hydrogens (primary N) is 1. The maximum Gasteiger partial charge on any atom is 0.525 e. The molecule has 8 aliphatic rings. The Morgan fingerprint density at radius 2 is 0.819 bits per heavy atom. The fourth-order valence-electron chi connectivity index (χ4n) is 14.0. The number of imidazole rings is 5. The summed E-state index contributed by atoms with van der Waals surface area (Å²) in [7, 11) is 2.75. The van der Waals surface area contributed by atoms with Crippen LogP contribution in [0, 0.1) is 5.39 Å². The minimum atomic E-state index is -4.41. The van der Waals surface area contributed by atoms with Gasteiger partial charge >= 0.3 is 28.2 Å². The number of aromatic amines is 3. The molecule has 17 rings (SSSR count). The Balaban J connectivity index is 0.000000159. The molecule has 0 aliphatic carbocycles. The van der Waals surface area contributed by atoms with Crippen molar-refractivity contribution in [2.75, 3.05) is 99.0 Å². The Morgan fingerprint density at radius 1 is 0.495 bits per heavy atom. The fraction of sp³-hybridized carbons (Fsp3) is 0.443. The second-order valence-electron chi connectivity index (χ2n) is 25.5. The number of nitrogen functional groups attached to an aromatic ring is 1. The normalized spacial score (nSPS) is 15.4. The minimum absolute atomic E-state index is 0. The highest BCUT2D eigenvalue weighted by Gasteiger charge is 2.28. The van der Waals surface area contributed by atoms with E-state index in [1.54, 1.807) is 47.8 Å². The Bertz CT molecular complexity index is 4340.